The van der Waals surface area contributed by atoms with Crippen LogP contribution in [0.4, 0.5) is 5.69 Å². The van der Waals surface area contributed by atoms with Crippen LogP contribution in [0.2, 0.25) is 5.15 Å². The number of anilines is 1. The van der Waals surface area contributed by atoms with E-state index in [1.54, 1.807) is 25.4 Å². The molecule has 1 saturated heterocycles. The molecule has 0 unspecified atom stereocenters. The second kappa shape index (κ2) is 8.59. The summed E-state index contributed by atoms with van der Waals surface area (Å²) in [4.78, 5) is 6.36. The van der Waals surface area contributed by atoms with Gasteiger partial charge in [0.2, 0.25) is 11.8 Å². The molecule has 0 amide bonds. The SMILES string of the molecule is COCC1CCN(c2cc(Br)ccc2-c2nnc(-c3ccnc(Cl)c3)o2)CC1. The van der Waals surface area contributed by atoms with Crippen molar-refractivity contribution >= 4 is 33.2 Å². The molecule has 3 heterocycles. The van der Waals surface area contributed by atoms with Crippen molar-refractivity contribution in [2.24, 2.45) is 5.92 Å². The molecule has 0 N–H and O–H groups in total. The maximum atomic E-state index is 5.98. The summed E-state index contributed by atoms with van der Waals surface area (Å²) in [5, 5.41) is 8.87. The number of ether oxygens (including phenoxy) is 1. The third-order valence-electron chi connectivity index (χ3n) is 4.95. The molecule has 0 radical (unpaired) electrons. The maximum Gasteiger partial charge on any atom is 0.250 e. The van der Waals surface area contributed by atoms with Gasteiger partial charge >= 0.3 is 0 Å². The lowest BCUT2D eigenvalue weighted by Crippen LogP contribution is -2.35. The highest BCUT2D eigenvalue weighted by Crippen LogP contribution is 2.36. The number of pyridine rings is 1. The van der Waals surface area contributed by atoms with Gasteiger partial charge in [0, 0.05) is 43.0 Å². The van der Waals surface area contributed by atoms with Gasteiger partial charge in [0.05, 0.1) is 11.3 Å². The fourth-order valence-electron chi connectivity index (χ4n) is 3.51. The first-order chi connectivity index (χ1) is 13.6. The van der Waals surface area contributed by atoms with Crippen LogP contribution in [0.25, 0.3) is 22.9 Å². The van der Waals surface area contributed by atoms with Gasteiger partial charge in [-0.3, -0.25) is 0 Å². The molecular weight excluding hydrogens is 444 g/mol. The van der Waals surface area contributed by atoms with E-state index in [2.05, 4.69) is 42.1 Å². The summed E-state index contributed by atoms with van der Waals surface area (Å²) >= 11 is 9.56. The summed E-state index contributed by atoms with van der Waals surface area (Å²) < 4.78 is 12.3. The number of aromatic nitrogens is 3. The number of halogens is 2. The molecule has 146 valence electrons. The van der Waals surface area contributed by atoms with Crippen LogP contribution in [0.1, 0.15) is 12.8 Å². The van der Waals surface area contributed by atoms with Crippen LogP contribution < -0.4 is 4.90 Å². The number of rotatable bonds is 5. The Kier molecular flexibility index (Phi) is 5.94. The quantitative estimate of drug-likeness (QED) is 0.492. The van der Waals surface area contributed by atoms with Gasteiger partial charge in [-0.2, -0.15) is 0 Å². The molecule has 0 aliphatic carbocycles. The van der Waals surface area contributed by atoms with Crippen molar-refractivity contribution in [2.45, 2.75) is 12.8 Å². The molecule has 0 spiro atoms. The minimum Gasteiger partial charge on any atom is -0.416 e. The zero-order valence-electron chi connectivity index (χ0n) is 15.4. The lowest BCUT2D eigenvalue weighted by molar-refractivity contribution is 0.139. The van der Waals surface area contributed by atoms with Crippen molar-refractivity contribution in [1.82, 2.24) is 15.2 Å². The molecule has 1 aliphatic rings. The van der Waals surface area contributed by atoms with Crippen molar-refractivity contribution in [2.75, 3.05) is 31.7 Å². The van der Waals surface area contributed by atoms with Crippen LogP contribution >= 0.6 is 27.5 Å². The molecule has 8 heteroatoms. The van der Waals surface area contributed by atoms with Gasteiger partial charge in [-0.25, -0.2) is 4.98 Å². The minimum absolute atomic E-state index is 0.389. The number of nitrogens with zero attached hydrogens (tertiary/aromatic N) is 4. The molecule has 6 nitrogen and oxygen atoms in total. The molecule has 3 aromatic rings. The highest BCUT2D eigenvalue weighted by Gasteiger charge is 2.23. The standard InChI is InChI=1S/C20H20BrClN4O2/c1-27-12-13-5-8-26(9-6-13)17-11-15(21)2-3-16(17)20-25-24-19(28-20)14-4-7-23-18(22)10-14/h2-4,7,10-11,13H,5-6,8-9,12H2,1H3. The number of methoxy groups -OCH3 is 1. The lowest BCUT2D eigenvalue weighted by atomic mass is 9.96. The summed E-state index contributed by atoms with van der Waals surface area (Å²) in [6.45, 7) is 2.76. The van der Waals surface area contributed by atoms with Crippen LogP contribution in [0.5, 0.6) is 0 Å². The summed E-state index contributed by atoms with van der Waals surface area (Å²) in [5.74, 6) is 1.53. The van der Waals surface area contributed by atoms with E-state index in [0.717, 1.165) is 53.8 Å². The van der Waals surface area contributed by atoms with E-state index in [-0.39, 0.29) is 0 Å². The maximum absolute atomic E-state index is 5.98. The summed E-state index contributed by atoms with van der Waals surface area (Å²) in [6, 6.07) is 9.62. The van der Waals surface area contributed by atoms with E-state index >= 15 is 0 Å². The summed E-state index contributed by atoms with van der Waals surface area (Å²) in [7, 11) is 1.77. The smallest absolute Gasteiger partial charge is 0.250 e. The Morgan fingerprint density at radius 1 is 1.18 bits per heavy atom. The molecule has 1 aromatic carbocycles. The Balaban J connectivity index is 1.62. The first-order valence-electron chi connectivity index (χ1n) is 9.13. The van der Waals surface area contributed by atoms with Crippen molar-refractivity contribution in [3.8, 4) is 22.9 Å². The minimum atomic E-state index is 0.389. The second-order valence-corrected chi connectivity index (χ2v) is 8.13. The average Bonchev–Trinajstić information content (AvgIpc) is 3.19. The predicted octanol–water partition coefficient (Wildman–Crippen LogP) is 5.08. The third-order valence-corrected chi connectivity index (χ3v) is 5.65. The zero-order valence-corrected chi connectivity index (χ0v) is 17.8. The molecule has 4 rings (SSSR count). The highest BCUT2D eigenvalue weighted by atomic mass is 79.9. The van der Waals surface area contributed by atoms with Gasteiger partial charge in [0.1, 0.15) is 5.15 Å². The van der Waals surface area contributed by atoms with E-state index in [1.165, 1.54) is 0 Å². The van der Waals surface area contributed by atoms with Crippen molar-refractivity contribution in [1.29, 1.82) is 0 Å². The zero-order chi connectivity index (χ0) is 19.5. The van der Waals surface area contributed by atoms with E-state index < -0.39 is 0 Å². The summed E-state index contributed by atoms with van der Waals surface area (Å²) in [6.07, 6.45) is 3.82. The molecule has 28 heavy (non-hydrogen) atoms. The van der Waals surface area contributed by atoms with Gasteiger partial charge in [0.15, 0.2) is 0 Å². The van der Waals surface area contributed by atoms with Gasteiger partial charge in [0.25, 0.3) is 0 Å². The first-order valence-corrected chi connectivity index (χ1v) is 10.3. The number of hydrogen-bond acceptors (Lipinski definition) is 6. The van der Waals surface area contributed by atoms with Crippen molar-refractivity contribution < 1.29 is 9.15 Å². The van der Waals surface area contributed by atoms with E-state index in [9.17, 15) is 0 Å². The fraction of sp³-hybridized carbons (Fsp3) is 0.350. The van der Waals surface area contributed by atoms with Gasteiger partial charge in [-0.05, 0) is 49.1 Å². The molecule has 0 atom stereocenters. The largest absolute Gasteiger partial charge is 0.416 e. The second-order valence-electron chi connectivity index (χ2n) is 6.83. The van der Waals surface area contributed by atoms with Crippen molar-refractivity contribution in [3.05, 3.63) is 46.2 Å². The Morgan fingerprint density at radius 3 is 2.71 bits per heavy atom. The molecule has 0 bridgehead atoms. The van der Waals surface area contributed by atoms with E-state index in [1.807, 2.05) is 12.1 Å². The van der Waals surface area contributed by atoms with Crippen LogP contribution in [0, 0.1) is 5.92 Å². The van der Waals surface area contributed by atoms with Crippen LogP contribution in [0.15, 0.2) is 45.4 Å². The molecular formula is C20H20BrClN4O2. The predicted molar refractivity (Wildman–Crippen MR) is 112 cm³/mol. The number of hydrogen-bond donors (Lipinski definition) is 0. The molecule has 1 aliphatic heterocycles. The Hall–Kier alpha value is -1.96. The lowest BCUT2D eigenvalue weighted by Gasteiger charge is -2.34. The monoisotopic (exact) mass is 462 g/mol. The third kappa shape index (κ3) is 4.21. The van der Waals surface area contributed by atoms with Crippen molar-refractivity contribution in [3.63, 3.8) is 0 Å². The summed E-state index contributed by atoms with van der Waals surface area (Å²) in [5.41, 5.74) is 2.76. The first kappa shape index (κ1) is 19.4. The highest BCUT2D eigenvalue weighted by molar-refractivity contribution is 9.10. The van der Waals surface area contributed by atoms with Crippen LogP contribution in [0.3, 0.4) is 0 Å². The van der Waals surface area contributed by atoms with E-state index in [4.69, 9.17) is 20.8 Å². The van der Waals surface area contributed by atoms with Gasteiger partial charge in [-0.1, -0.05) is 27.5 Å². The number of piperidine rings is 1. The fourth-order valence-corrected chi connectivity index (χ4v) is 4.03. The Labute approximate surface area is 177 Å². The van der Waals surface area contributed by atoms with Gasteiger partial charge < -0.3 is 14.1 Å². The molecule has 1 fully saturated rings. The number of benzene rings is 1. The van der Waals surface area contributed by atoms with Gasteiger partial charge in [-0.15, -0.1) is 10.2 Å². The average molecular weight is 464 g/mol. The van der Waals surface area contributed by atoms with E-state index in [0.29, 0.717) is 22.9 Å². The topological polar surface area (TPSA) is 64.3 Å². The molecule has 0 saturated carbocycles. The molecule has 2 aromatic heterocycles. The normalized spacial score (nSPS) is 15.2. The Morgan fingerprint density at radius 2 is 1.96 bits per heavy atom. The van der Waals surface area contributed by atoms with Crippen LogP contribution in [-0.2, 0) is 4.74 Å². The van der Waals surface area contributed by atoms with Crippen LogP contribution in [-0.4, -0.2) is 42.0 Å². The Bertz CT molecular complexity index is 957.